The largest absolute Gasteiger partial charge is 0.478 e. The predicted molar refractivity (Wildman–Crippen MR) is 157 cm³/mol. The summed E-state index contributed by atoms with van der Waals surface area (Å²) < 4.78 is 34.9. The van der Waals surface area contributed by atoms with Crippen LogP contribution in [0, 0.1) is 5.82 Å². The molecule has 1 fully saturated rings. The van der Waals surface area contributed by atoms with Gasteiger partial charge >= 0.3 is 5.97 Å². The van der Waals surface area contributed by atoms with Crippen LogP contribution >= 0.6 is 11.6 Å². The number of nitrogens with zero attached hydrogens (tertiary/aromatic N) is 6. The van der Waals surface area contributed by atoms with Gasteiger partial charge in [0.15, 0.2) is 5.82 Å². The molecule has 0 amide bonds. The summed E-state index contributed by atoms with van der Waals surface area (Å²) in [5.74, 6) is 0.331. The van der Waals surface area contributed by atoms with Crippen LogP contribution in [0.15, 0.2) is 60.8 Å². The van der Waals surface area contributed by atoms with E-state index in [0.29, 0.717) is 61.7 Å². The smallest absolute Gasteiger partial charge is 0.335 e. The fourth-order valence-electron chi connectivity index (χ4n) is 5.54. The normalized spacial score (nSPS) is 15.8. The van der Waals surface area contributed by atoms with Crippen LogP contribution in [0.4, 0.5) is 4.39 Å². The second kappa shape index (κ2) is 11.3. The van der Waals surface area contributed by atoms with Crippen LogP contribution in [0.1, 0.15) is 33.0 Å². The topological polar surface area (TPSA) is 117 Å². The lowest BCUT2D eigenvalue weighted by molar-refractivity contribution is -0.202. The number of fused-ring (bicyclic) bond motifs is 2. The van der Waals surface area contributed by atoms with E-state index in [4.69, 9.17) is 35.9 Å². The molecule has 0 atom stereocenters. The number of pyridine rings is 1. The molecule has 1 saturated heterocycles. The molecule has 13 heteroatoms. The average Bonchev–Trinajstić information content (AvgIpc) is 3.66. The van der Waals surface area contributed by atoms with Crippen LogP contribution in [0.25, 0.3) is 16.9 Å². The van der Waals surface area contributed by atoms with Crippen molar-refractivity contribution in [2.24, 2.45) is 0 Å². The predicted octanol–water partition coefficient (Wildman–Crippen LogP) is 4.62. The Morgan fingerprint density at radius 1 is 1.14 bits per heavy atom. The number of aromatic nitrogens is 5. The zero-order chi connectivity index (χ0) is 30.4. The van der Waals surface area contributed by atoms with Crippen molar-refractivity contribution >= 4 is 28.6 Å². The first-order valence-corrected chi connectivity index (χ1v) is 14.4. The third-order valence-electron chi connectivity index (χ3n) is 8.03. The second-order valence-electron chi connectivity index (χ2n) is 11.1. The number of benzene rings is 2. The van der Waals surface area contributed by atoms with Gasteiger partial charge in [-0.15, -0.1) is 0 Å². The van der Waals surface area contributed by atoms with Crippen molar-refractivity contribution in [3.8, 4) is 11.7 Å². The molecule has 0 bridgehead atoms. The molecule has 3 aromatic heterocycles. The number of rotatable bonds is 10. The average molecular weight is 619 g/mol. The molecule has 5 aromatic rings. The molecule has 7 rings (SSSR count). The fourth-order valence-corrected chi connectivity index (χ4v) is 5.70. The molecule has 2 aliphatic heterocycles. The maximum Gasteiger partial charge on any atom is 0.335 e. The Morgan fingerprint density at radius 3 is 2.73 bits per heavy atom. The maximum atomic E-state index is 14.1. The molecule has 44 heavy (non-hydrogen) atoms. The van der Waals surface area contributed by atoms with Crippen LogP contribution in [0.5, 0.6) is 5.88 Å². The molecule has 226 valence electrons. The van der Waals surface area contributed by atoms with Gasteiger partial charge in [-0.3, -0.25) is 4.90 Å². The van der Waals surface area contributed by atoms with Crippen molar-refractivity contribution in [1.29, 1.82) is 0 Å². The summed E-state index contributed by atoms with van der Waals surface area (Å²) >= 11 is 5.84. The number of carboxylic acid groups (broad SMARTS) is 1. The fraction of sp³-hybridized carbons (Fsp3) is 0.290. The van der Waals surface area contributed by atoms with Gasteiger partial charge in [-0.1, -0.05) is 23.7 Å². The van der Waals surface area contributed by atoms with E-state index < -0.39 is 17.4 Å². The Labute approximate surface area is 256 Å². The summed E-state index contributed by atoms with van der Waals surface area (Å²) in [5, 5.41) is 14.7. The minimum absolute atomic E-state index is 0.0188. The SMILES string of the molecule is COC1(Cn2c(CN3Cc4cn(-c5cccc(OCc6ccc(Cl)cc6F)n5)nc4C3)nc3ccc(C(=O)O)cc32)COC1. The Bertz CT molecular complexity index is 1860. The third kappa shape index (κ3) is 5.41. The number of imidazole rings is 1. The van der Waals surface area contributed by atoms with Crippen molar-refractivity contribution in [1.82, 2.24) is 29.2 Å². The van der Waals surface area contributed by atoms with Crippen LogP contribution in [0.2, 0.25) is 5.02 Å². The van der Waals surface area contributed by atoms with Gasteiger partial charge in [-0.05, 0) is 36.4 Å². The van der Waals surface area contributed by atoms with Crippen LogP contribution < -0.4 is 4.74 Å². The Balaban J connectivity index is 1.07. The van der Waals surface area contributed by atoms with Crippen molar-refractivity contribution < 1.29 is 28.5 Å². The van der Waals surface area contributed by atoms with Crippen LogP contribution in [0.3, 0.4) is 0 Å². The molecular formula is C31H28ClFN6O5. The molecule has 0 radical (unpaired) electrons. The van der Waals surface area contributed by atoms with E-state index in [1.165, 1.54) is 6.07 Å². The number of methoxy groups -OCH3 is 1. The highest BCUT2D eigenvalue weighted by Gasteiger charge is 2.40. The molecule has 0 spiro atoms. The van der Waals surface area contributed by atoms with E-state index in [1.54, 1.807) is 48.2 Å². The van der Waals surface area contributed by atoms with Gasteiger partial charge in [0.25, 0.3) is 0 Å². The van der Waals surface area contributed by atoms with Crippen molar-refractivity contribution in [2.45, 2.75) is 38.4 Å². The first-order valence-electron chi connectivity index (χ1n) is 14.0. The number of carbonyl (C=O) groups is 1. The molecule has 0 unspecified atom stereocenters. The summed E-state index contributed by atoms with van der Waals surface area (Å²) in [4.78, 5) is 23.4. The molecule has 11 nitrogen and oxygen atoms in total. The van der Waals surface area contributed by atoms with Gasteiger partial charge in [0.2, 0.25) is 5.88 Å². The van der Waals surface area contributed by atoms with E-state index in [0.717, 1.165) is 28.1 Å². The van der Waals surface area contributed by atoms with Gasteiger partial charge < -0.3 is 23.9 Å². The Kier molecular flexibility index (Phi) is 7.29. The first-order chi connectivity index (χ1) is 21.3. The monoisotopic (exact) mass is 618 g/mol. The van der Waals surface area contributed by atoms with Crippen LogP contribution in [-0.2, 0) is 42.3 Å². The first kappa shape index (κ1) is 28.4. The third-order valence-corrected chi connectivity index (χ3v) is 8.26. The summed E-state index contributed by atoms with van der Waals surface area (Å²) in [6, 6.07) is 14.8. The van der Waals surface area contributed by atoms with Crippen molar-refractivity contribution in [3.63, 3.8) is 0 Å². The second-order valence-corrected chi connectivity index (χ2v) is 11.5. The zero-order valence-electron chi connectivity index (χ0n) is 23.7. The van der Waals surface area contributed by atoms with Gasteiger partial charge in [-0.25, -0.2) is 18.9 Å². The van der Waals surface area contributed by atoms with Crippen molar-refractivity contribution in [2.75, 3.05) is 20.3 Å². The molecule has 5 heterocycles. The molecule has 0 saturated carbocycles. The highest BCUT2D eigenvalue weighted by Crippen LogP contribution is 2.30. The van der Waals surface area contributed by atoms with E-state index in [1.807, 2.05) is 18.3 Å². The van der Waals surface area contributed by atoms with Crippen molar-refractivity contribution in [3.05, 3.63) is 99.8 Å². The summed E-state index contributed by atoms with van der Waals surface area (Å²) in [6.07, 6.45) is 1.95. The number of aromatic carboxylic acids is 1. The summed E-state index contributed by atoms with van der Waals surface area (Å²) in [7, 11) is 1.66. The minimum Gasteiger partial charge on any atom is -0.478 e. The summed E-state index contributed by atoms with van der Waals surface area (Å²) in [5.41, 5.74) is 3.58. The number of hydrogen-bond donors (Lipinski definition) is 1. The lowest BCUT2D eigenvalue weighted by Crippen LogP contribution is -2.54. The zero-order valence-corrected chi connectivity index (χ0v) is 24.5. The standard InChI is InChI=1S/C31H28ClFN6O5/c1-42-31(17-43-18-31)16-38-26-9-19(30(40)41)6-8-24(26)34-28(38)14-37-11-21-12-39(36-25(21)13-37)27-3-2-4-29(35-27)44-15-20-5-7-22(32)10-23(20)33/h2-10,12H,11,13-18H2,1H3,(H,40,41). The Hall–Kier alpha value is -4.36. The van der Waals surface area contributed by atoms with Gasteiger partial charge in [0, 0.05) is 48.6 Å². The van der Waals surface area contributed by atoms with E-state index in [-0.39, 0.29) is 12.2 Å². The lowest BCUT2D eigenvalue weighted by Gasteiger charge is -2.40. The number of halogens is 2. The number of hydrogen-bond acceptors (Lipinski definition) is 8. The molecule has 2 aromatic carbocycles. The lowest BCUT2D eigenvalue weighted by atomic mass is 10.0. The van der Waals surface area contributed by atoms with E-state index in [9.17, 15) is 14.3 Å². The summed E-state index contributed by atoms with van der Waals surface area (Å²) in [6.45, 7) is 3.24. The molecular weight excluding hydrogens is 591 g/mol. The van der Waals surface area contributed by atoms with Gasteiger partial charge in [0.05, 0.1) is 48.6 Å². The van der Waals surface area contributed by atoms with E-state index >= 15 is 0 Å². The van der Waals surface area contributed by atoms with Crippen LogP contribution in [-0.4, -0.2) is 66.2 Å². The highest BCUT2D eigenvalue weighted by molar-refractivity contribution is 6.30. The molecule has 0 aliphatic carbocycles. The van der Waals surface area contributed by atoms with E-state index in [2.05, 4.69) is 14.5 Å². The van der Waals surface area contributed by atoms with Gasteiger partial charge in [0.1, 0.15) is 23.8 Å². The molecule has 1 N–H and O–H groups in total. The maximum absolute atomic E-state index is 14.1. The number of ether oxygens (including phenoxy) is 3. The van der Waals surface area contributed by atoms with Gasteiger partial charge in [-0.2, -0.15) is 10.1 Å². The number of carboxylic acids is 1. The molecule has 2 aliphatic rings. The Morgan fingerprint density at radius 2 is 2.00 bits per heavy atom. The quantitative estimate of drug-likeness (QED) is 0.239. The minimum atomic E-state index is -0.987. The highest BCUT2D eigenvalue weighted by atomic mass is 35.5.